The van der Waals surface area contributed by atoms with Crippen LogP contribution in [0.5, 0.6) is 0 Å². The first-order valence-electron chi connectivity index (χ1n) is 6.69. The lowest BCUT2D eigenvalue weighted by molar-refractivity contribution is 0.764. The third-order valence-electron chi connectivity index (χ3n) is 2.90. The first kappa shape index (κ1) is 13.7. The van der Waals surface area contributed by atoms with E-state index in [1.165, 1.54) is 5.56 Å². The molecular formula is C14H21N5. The maximum Gasteiger partial charge on any atom is 0.156 e. The van der Waals surface area contributed by atoms with Crippen LogP contribution in [0.1, 0.15) is 36.3 Å². The van der Waals surface area contributed by atoms with Crippen molar-refractivity contribution in [1.29, 1.82) is 0 Å². The molecule has 2 aromatic rings. The van der Waals surface area contributed by atoms with Gasteiger partial charge in [-0.05, 0) is 45.0 Å². The molecule has 0 saturated heterocycles. The molecule has 2 heterocycles. The highest BCUT2D eigenvalue weighted by Gasteiger charge is 2.09. The lowest BCUT2D eigenvalue weighted by Gasteiger charge is -2.09. The molecule has 0 aliphatic carbocycles. The van der Waals surface area contributed by atoms with Gasteiger partial charge < -0.3 is 5.32 Å². The third kappa shape index (κ3) is 3.17. The van der Waals surface area contributed by atoms with E-state index >= 15 is 0 Å². The molecular weight excluding hydrogens is 238 g/mol. The zero-order chi connectivity index (χ0) is 13.8. The van der Waals surface area contributed by atoms with E-state index in [4.69, 9.17) is 0 Å². The lowest BCUT2D eigenvalue weighted by Crippen LogP contribution is -2.10. The van der Waals surface area contributed by atoms with Crippen LogP contribution in [-0.2, 0) is 13.0 Å². The fourth-order valence-corrected chi connectivity index (χ4v) is 2.17. The highest BCUT2D eigenvalue weighted by Crippen LogP contribution is 2.13. The fourth-order valence-electron chi connectivity index (χ4n) is 2.17. The number of nitrogens with one attached hydrogen (secondary N) is 1. The van der Waals surface area contributed by atoms with Gasteiger partial charge in [-0.1, -0.05) is 13.3 Å². The number of hydrogen-bond donors (Lipinski definition) is 1. The van der Waals surface area contributed by atoms with Crippen LogP contribution in [0.4, 0.5) is 0 Å². The minimum Gasteiger partial charge on any atom is -0.316 e. The molecule has 2 rings (SSSR count). The molecule has 0 aliphatic rings. The summed E-state index contributed by atoms with van der Waals surface area (Å²) < 4.78 is 1.81. The molecule has 0 aliphatic heterocycles. The predicted octanol–water partition coefficient (Wildman–Crippen LogP) is 1.95. The van der Waals surface area contributed by atoms with E-state index in [0.29, 0.717) is 0 Å². The van der Waals surface area contributed by atoms with Crippen LogP contribution in [-0.4, -0.2) is 26.8 Å². The van der Waals surface area contributed by atoms with Crippen molar-refractivity contribution in [2.24, 2.45) is 0 Å². The summed E-state index contributed by atoms with van der Waals surface area (Å²) in [6.45, 7) is 6.84. The smallest absolute Gasteiger partial charge is 0.156 e. The topological polar surface area (TPSA) is 55.6 Å². The Balaban J connectivity index is 2.46. The quantitative estimate of drug-likeness (QED) is 0.891. The van der Waals surface area contributed by atoms with Gasteiger partial charge in [0.1, 0.15) is 11.6 Å². The Bertz CT molecular complexity index is 535. The highest BCUT2D eigenvalue weighted by atomic mass is 15.4. The highest BCUT2D eigenvalue weighted by molar-refractivity contribution is 5.31. The summed E-state index contributed by atoms with van der Waals surface area (Å²) in [5, 5.41) is 7.58. The van der Waals surface area contributed by atoms with Gasteiger partial charge in [0.05, 0.1) is 0 Å². The molecule has 0 aromatic carbocycles. The molecule has 0 unspecified atom stereocenters. The van der Waals surface area contributed by atoms with Crippen LogP contribution in [0.15, 0.2) is 12.1 Å². The van der Waals surface area contributed by atoms with E-state index < -0.39 is 0 Å². The standard InChI is InChI=1S/C14H21N5/c1-5-6-13-7-12(9-15-4)8-14(17-13)19-11(3)16-10(2)18-19/h7-8,15H,5-6,9H2,1-4H3. The molecule has 1 N–H and O–H groups in total. The zero-order valence-corrected chi connectivity index (χ0v) is 12.1. The SMILES string of the molecule is CCCc1cc(CNC)cc(-n2nc(C)nc2C)n1. The lowest BCUT2D eigenvalue weighted by atomic mass is 10.1. The van der Waals surface area contributed by atoms with Crippen LogP contribution in [0.2, 0.25) is 0 Å². The molecule has 19 heavy (non-hydrogen) atoms. The van der Waals surface area contributed by atoms with Gasteiger partial charge >= 0.3 is 0 Å². The summed E-state index contributed by atoms with van der Waals surface area (Å²) >= 11 is 0. The van der Waals surface area contributed by atoms with Crippen LogP contribution in [0.25, 0.3) is 5.82 Å². The number of nitrogens with zero attached hydrogens (tertiary/aromatic N) is 4. The summed E-state index contributed by atoms with van der Waals surface area (Å²) in [5.41, 5.74) is 2.33. The molecule has 0 bridgehead atoms. The van der Waals surface area contributed by atoms with Crippen LogP contribution in [0.3, 0.4) is 0 Å². The maximum absolute atomic E-state index is 4.68. The monoisotopic (exact) mass is 259 g/mol. The van der Waals surface area contributed by atoms with E-state index in [9.17, 15) is 0 Å². The van der Waals surface area contributed by atoms with Crippen molar-refractivity contribution < 1.29 is 0 Å². The Morgan fingerprint density at radius 3 is 2.58 bits per heavy atom. The fraction of sp³-hybridized carbons (Fsp3) is 0.500. The van der Waals surface area contributed by atoms with Gasteiger partial charge in [-0.15, -0.1) is 5.10 Å². The Labute approximate surface area is 114 Å². The van der Waals surface area contributed by atoms with Crippen LogP contribution >= 0.6 is 0 Å². The van der Waals surface area contributed by atoms with E-state index in [1.54, 1.807) is 0 Å². The molecule has 0 radical (unpaired) electrons. The van der Waals surface area contributed by atoms with Gasteiger partial charge in [-0.3, -0.25) is 0 Å². The predicted molar refractivity (Wildman–Crippen MR) is 75.4 cm³/mol. The Kier molecular flexibility index (Phi) is 4.27. The van der Waals surface area contributed by atoms with E-state index in [0.717, 1.165) is 42.5 Å². The van der Waals surface area contributed by atoms with Crippen molar-refractivity contribution in [2.45, 2.75) is 40.2 Å². The molecule has 0 amide bonds. The average molecular weight is 259 g/mol. The second kappa shape index (κ2) is 5.93. The molecule has 2 aromatic heterocycles. The second-order valence-electron chi connectivity index (χ2n) is 4.72. The summed E-state index contributed by atoms with van der Waals surface area (Å²) in [6, 6.07) is 4.22. The molecule has 5 heteroatoms. The molecule has 0 saturated carbocycles. The maximum atomic E-state index is 4.68. The summed E-state index contributed by atoms with van der Waals surface area (Å²) in [5.74, 6) is 2.50. The average Bonchev–Trinajstić information content (AvgIpc) is 2.69. The third-order valence-corrected chi connectivity index (χ3v) is 2.90. The number of pyridine rings is 1. The number of aromatic nitrogens is 4. The van der Waals surface area contributed by atoms with Crippen molar-refractivity contribution in [3.05, 3.63) is 35.0 Å². The van der Waals surface area contributed by atoms with Crippen molar-refractivity contribution in [2.75, 3.05) is 7.05 Å². The van der Waals surface area contributed by atoms with Gasteiger partial charge in [0, 0.05) is 12.2 Å². The molecule has 0 atom stereocenters. The van der Waals surface area contributed by atoms with E-state index in [2.05, 4.69) is 39.4 Å². The first-order chi connectivity index (χ1) is 9.13. The molecule has 0 spiro atoms. The van der Waals surface area contributed by atoms with E-state index in [1.807, 2.05) is 25.6 Å². The van der Waals surface area contributed by atoms with Crippen molar-refractivity contribution in [3.63, 3.8) is 0 Å². The number of aryl methyl sites for hydroxylation is 3. The Morgan fingerprint density at radius 1 is 1.21 bits per heavy atom. The normalized spacial score (nSPS) is 10.9. The Hall–Kier alpha value is -1.75. The summed E-state index contributed by atoms with van der Waals surface area (Å²) in [7, 11) is 1.95. The first-order valence-corrected chi connectivity index (χ1v) is 6.69. The molecule has 0 fully saturated rings. The van der Waals surface area contributed by atoms with Crippen LogP contribution in [0, 0.1) is 13.8 Å². The van der Waals surface area contributed by atoms with Gasteiger partial charge in [0.15, 0.2) is 5.82 Å². The van der Waals surface area contributed by atoms with Gasteiger partial charge in [-0.25, -0.2) is 9.97 Å². The summed E-state index contributed by atoms with van der Waals surface area (Å²) in [4.78, 5) is 9.02. The van der Waals surface area contributed by atoms with Crippen molar-refractivity contribution >= 4 is 0 Å². The molecule has 102 valence electrons. The van der Waals surface area contributed by atoms with Crippen LogP contribution < -0.4 is 5.32 Å². The van der Waals surface area contributed by atoms with Gasteiger partial charge in [0.2, 0.25) is 0 Å². The van der Waals surface area contributed by atoms with Crippen molar-refractivity contribution in [3.8, 4) is 5.82 Å². The zero-order valence-electron chi connectivity index (χ0n) is 12.1. The van der Waals surface area contributed by atoms with Crippen molar-refractivity contribution in [1.82, 2.24) is 25.1 Å². The largest absolute Gasteiger partial charge is 0.316 e. The number of rotatable bonds is 5. The number of hydrogen-bond acceptors (Lipinski definition) is 4. The van der Waals surface area contributed by atoms with E-state index in [-0.39, 0.29) is 0 Å². The van der Waals surface area contributed by atoms with Gasteiger partial charge in [0.25, 0.3) is 0 Å². The van der Waals surface area contributed by atoms with Gasteiger partial charge in [-0.2, -0.15) is 4.68 Å². The minimum absolute atomic E-state index is 0.773. The summed E-state index contributed by atoms with van der Waals surface area (Å²) in [6.07, 6.45) is 2.07. The minimum atomic E-state index is 0.773. The molecule has 5 nitrogen and oxygen atoms in total. The second-order valence-corrected chi connectivity index (χ2v) is 4.72. The Morgan fingerprint density at radius 2 is 2.00 bits per heavy atom.